The molecule has 1 heterocycles. The lowest BCUT2D eigenvalue weighted by Gasteiger charge is -2.30. The predicted octanol–water partition coefficient (Wildman–Crippen LogP) is 4.94. The van der Waals surface area contributed by atoms with E-state index in [9.17, 15) is 14.7 Å². The Bertz CT molecular complexity index is 1070. The molecule has 0 saturated heterocycles. The van der Waals surface area contributed by atoms with Crippen LogP contribution in [0.4, 0.5) is 5.69 Å². The molecular formula is C23H21ClN2O3. The zero-order chi connectivity index (χ0) is 21.1. The summed E-state index contributed by atoms with van der Waals surface area (Å²) in [4.78, 5) is 25.4. The maximum atomic E-state index is 13.3. The standard InChI is InChI=1S/C23H21ClN2O3/c1-4-15-8-5-6-11-18(15)26-22(27)19-13(2)25-14(3)20(23(28)29)21(19)16-9-7-10-17(24)12-16/h4-12,21,25H,1H2,2-3H3,(H,26,27)(H,28,29). The number of benzene rings is 2. The van der Waals surface area contributed by atoms with Gasteiger partial charge in [-0.3, -0.25) is 4.79 Å². The Morgan fingerprint density at radius 2 is 1.79 bits per heavy atom. The number of carbonyl (C=O) groups excluding carboxylic acids is 1. The number of hydrogen-bond acceptors (Lipinski definition) is 3. The number of halogens is 1. The van der Waals surface area contributed by atoms with Gasteiger partial charge in [0.05, 0.1) is 11.5 Å². The van der Waals surface area contributed by atoms with Crippen LogP contribution in [0.5, 0.6) is 0 Å². The van der Waals surface area contributed by atoms with E-state index in [1.807, 2.05) is 18.2 Å². The summed E-state index contributed by atoms with van der Waals surface area (Å²) in [5.74, 6) is -2.24. The lowest BCUT2D eigenvalue weighted by molar-refractivity contribution is -0.133. The van der Waals surface area contributed by atoms with E-state index in [2.05, 4.69) is 17.2 Å². The van der Waals surface area contributed by atoms with Crippen LogP contribution >= 0.6 is 11.6 Å². The number of nitrogens with one attached hydrogen (secondary N) is 2. The van der Waals surface area contributed by atoms with Crippen molar-refractivity contribution in [1.82, 2.24) is 5.32 Å². The smallest absolute Gasteiger partial charge is 0.334 e. The molecular weight excluding hydrogens is 388 g/mol. The second-order valence-corrected chi connectivity index (χ2v) is 7.18. The first kappa shape index (κ1) is 20.4. The van der Waals surface area contributed by atoms with E-state index in [1.54, 1.807) is 50.3 Å². The van der Waals surface area contributed by atoms with Gasteiger partial charge in [-0.15, -0.1) is 0 Å². The molecule has 0 bridgehead atoms. The van der Waals surface area contributed by atoms with Gasteiger partial charge in [0.1, 0.15) is 0 Å². The Balaban J connectivity index is 2.11. The first-order valence-corrected chi connectivity index (χ1v) is 9.41. The number of allylic oxidation sites excluding steroid dienone is 2. The quantitative estimate of drug-likeness (QED) is 0.654. The minimum Gasteiger partial charge on any atom is -0.478 e. The first-order valence-electron chi connectivity index (χ1n) is 9.03. The number of aliphatic carboxylic acids is 1. The van der Waals surface area contributed by atoms with Gasteiger partial charge in [0, 0.05) is 27.7 Å². The predicted molar refractivity (Wildman–Crippen MR) is 116 cm³/mol. The molecule has 29 heavy (non-hydrogen) atoms. The fourth-order valence-electron chi connectivity index (χ4n) is 3.58. The zero-order valence-corrected chi connectivity index (χ0v) is 16.9. The largest absolute Gasteiger partial charge is 0.478 e. The first-order chi connectivity index (χ1) is 13.8. The minimum absolute atomic E-state index is 0.111. The summed E-state index contributed by atoms with van der Waals surface area (Å²) in [6.45, 7) is 7.21. The van der Waals surface area contributed by atoms with Gasteiger partial charge in [0.25, 0.3) is 5.91 Å². The summed E-state index contributed by atoms with van der Waals surface area (Å²) in [5, 5.41) is 16.3. The molecule has 1 aliphatic rings. The molecule has 1 atom stereocenters. The average Bonchev–Trinajstić information content (AvgIpc) is 2.67. The number of carboxylic acid groups (broad SMARTS) is 1. The molecule has 1 unspecified atom stereocenters. The molecule has 6 heteroatoms. The van der Waals surface area contributed by atoms with E-state index in [4.69, 9.17) is 11.6 Å². The van der Waals surface area contributed by atoms with Crippen molar-refractivity contribution in [1.29, 1.82) is 0 Å². The van der Waals surface area contributed by atoms with Crippen LogP contribution in [-0.4, -0.2) is 17.0 Å². The molecule has 2 aromatic rings. The zero-order valence-electron chi connectivity index (χ0n) is 16.1. The van der Waals surface area contributed by atoms with Crippen LogP contribution in [0.25, 0.3) is 6.08 Å². The molecule has 2 aromatic carbocycles. The number of amides is 1. The lowest BCUT2D eigenvalue weighted by atomic mass is 9.80. The topological polar surface area (TPSA) is 78.4 Å². The van der Waals surface area contributed by atoms with Crippen molar-refractivity contribution in [2.24, 2.45) is 0 Å². The molecule has 0 fully saturated rings. The van der Waals surface area contributed by atoms with E-state index in [-0.39, 0.29) is 11.5 Å². The number of rotatable bonds is 5. The van der Waals surface area contributed by atoms with Crippen molar-refractivity contribution in [3.8, 4) is 0 Å². The SMILES string of the molecule is C=Cc1ccccc1NC(=O)C1=C(C)NC(C)=C(C(=O)O)C1c1cccc(Cl)c1. The molecule has 1 amide bonds. The summed E-state index contributed by atoms with van der Waals surface area (Å²) in [6.07, 6.45) is 1.65. The van der Waals surface area contributed by atoms with Crippen LogP contribution in [0, 0.1) is 0 Å². The highest BCUT2D eigenvalue weighted by Gasteiger charge is 2.36. The highest BCUT2D eigenvalue weighted by molar-refractivity contribution is 6.30. The maximum absolute atomic E-state index is 13.3. The Morgan fingerprint density at radius 3 is 2.45 bits per heavy atom. The normalized spacial score (nSPS) is 16.3. The second-order valence-electron chi connectivity index (χ2n) is 6.74. The molecule has 0 saturated carbocycles. The Morgan fingerprint density at radius 1 is 1.10 bits per heavy atom. The number of hydrogen-bond donors (Lipinski definition) is 3. The Kier molecular flexibility index (Phi) is 5.89. The van der Waals surface area contributed by atoms with Crippen LogP contribution < -0.4 is 10.6 Å². The third-order valence-corrected chi connectivity index (χ3v) is 5.08. The van der Waals surface area contributed by atoms with Crippen molar-refractivity contribution >= 4 is 35.2 Å². The second kappa shape index (κ2) is 8.37. The molecule has 5 nitrogen and oxygen atoms in total. The van der Waals surface area contributed by atoms with Crippen molar-refractivity contribution in [2.75, 3.05) is 5.32 Å². The minimum atomic E-state index is -1.09. The van der Waals surface area contributed by atoms with Gasteiger partial charge in [0.2, 0.25) is 0 Å². The van der Waals surface area contributed by atoms with E-state index >= 15 is 0 Å². The number of anilines is 1. The molecule has 3 rings (SSSR count). The van der Waals surface area contributed by atoms with E-state index in [0.717, 1.165) is 5.56 Å². The van der Waals surface area contributed by atoms with Crippen LogP contribution in [-0.2, 0) is 9.59 Å². The van der Waals surface area contributed by atoms with Gasteiger partial charge in [-0.05, 0) is 43.2 Å². The lowest BCUT2D eigenvalue weighted by Crippen LogP contribution is -2.33. The summed E-state index contributed by atoms with van der Waals surface area (Å²) in [7, 11) is 0. The summed E-state index contributed by atoms with van der Waals surface area (Å²) in [6, 6.07) is 14.2. The number of carboxylic acids is 1. The molecule has 0 spiro atoms. The summed E-state index contributed by atoms with van der Waals surface area (Å²) in [5.41, 5.74) is 3.52. The van der Waals surface area contributed by atoms with E-state index in [1.165, 1.54) is 0 Å². The van der Waals surface area contributed by atoms with E-state index in [0.29, 0.717) is 33.2 Å². The van der Waals surface area contributed by atoms with Crippen LogP contribution in [0.2, 0.25) is 5.02 Å². The summed E-state index contributed by atoms with van der Waals surface area (Å²) >= 11 is 6.15. The van der Waals surface area contributed by atoms with Gasteiger partial charge >= 0.3 is 5.97 Å². The van der Waals surface area contributed by atoms with Crippen molar-refractivity contribution in [3.05, 3.63) is 93.8 Å². The Labute approximate surface area is 174 Å². The number of dihydropyridines is 1. The Hall–Kier alpha value is -3.31. The fraction of sp³-hybridized carbons (Fsp3) is 0.130. The van der Waals surface area contributed by atoms with Gasteiger partial charge in [0.15, 0.2) is 0 Å². The molecule has 0 aromatic heterocycles. The average molecular weight is 409 g/mol. The number of para-hydroxylation sites is 1. The summed E-state index contributed by atoms with van der Waals surface area (Å²) < 4.78 is 0. The maximum Gasteiger partial charge on any atom is 0.334 e. The molecule has 0 radical (unpaired) electrons. The highest BCUT2D eigenvalue weighted by atomic mass is 35.5. The van der Waals surface area contributed by atoms with E-state index < -0.39 is 11.9 Å². The molecule has 3 N–H and O–H groups in total. The number of carbonyl (C=O) groups is 2. The third-order valence-electron chi connectivity index (χ3n) is 4.85. The van der Waals surface area contributed by atoms with Gasteiger partial charge in [-0.1, -0.05) is 54.6 Å². The van der Waals surface area contributed by atoms with Gasteiger partial charge < -0.3 is 15.7 Å². The third kappa shape index (κ3) is 4.10. The highest BCUT2D eigenvalue weighted by Crippen LogP contribution is 2.39. The van der Waals surface area contributed by atoms with Crippen molar-refractivity contribution in [3.63, 3.8) is 0 Å². The van der Waals surface area contributed by atoms with Gasteiger partial charge in [-0.25, -0.2) is 4.79 Å². The van der Waals surface area contributed by atoms with Crippen LogP contribution in [0.15, 0.2) is 77.7 Å². The van der Waals surface area contributed by atoms with Gasteiger partial charge in [-0.2, -0.15) is 0 Å². The van der Waals surface area contributed by atoms with Crippen molar-refractivity contribution in [2.45, 2.75) is 19.8 Å². The van der Waals surface area contributed by atoms with Crippen LogP contribution in [0.1, 0.15) is 30.9 Å². The molecule has 0 aliphatic carbocycles. The van der Waals surface area contributed by atoms with Crippen molar-refractivity contribution < 1.29 is 14.7 Å². The monoisotopic (exact) mass is 408 g/mol. The fourth-order valence-corrected chi connectivity index (χ4v) is 3.78. The molecule has 1 aliphatic heterocycles. The van der Waals surface area contributed by atoms with Crippen LogP contribution in [0.3, 0.4) is 0 Å². The molecule has 148 valence electrons.